The number of rotatable bonds is 14. The lowest BCUT2D eigenvalue weighted by Crippen LogP contribution is -2.53. The van der Waals surface area contributed by atoms with Crippen LogP contribution in [0, 0.1) is 0 Å². The number of hydrogen-bond donors (Lipinski definition) is 6. The van der Waals surface area contributed by atoms with E-state index in [9.17, 15) is 39.0 Å². The highest BCUT2D eigenvalue weighted by Crippen LogP contribution is 2.09. The topological polar surface area (TPSA) is 200 Å². The molecule has 6 N–H and O–H groups in total. The minimum atomic E-state index is -1.52. The smallest absolute Gasteiger partial charge is 0.407 e. The van der Waals surface area contributed by atoms with Crippen molar-refractivity contribution in [2.24, 2.45) is 0 Å². The van der Waals surface area contributed by atoms with Gasteiger partial charge in [0.15, 0.2) is 0 Å². The molecule has 0 saturated carbocycles. The van der Waals surface area contributed by atoms with E-state index in [0.29, 0.717) is 11.1 Å². The van der Waals surface area contributed by atoms with Gasteiger partial charge in [-0.2, -0.15) is 0 Å². The summed E-state index contributed by atoms with van der Waals surface area (Å²) in [7, 11) is 0. The lowest BCUT2D eigenvalue weighted by molar-refractivity contribution is -0.143. The minimum Gasteiger partial charge on any atom is -0.481 e. The summed E-state index contributed by atoms with van der Waals surface area (Å²) in [4.78, 5) is 72.3. The maximum absolute atomic E-state index is 12.7. The first kappa shape index (κ1) is 33.3. The summed E-state index contributed by atoms with van der Waals surface area (Å²) in [5, 5.41) is 28.5. The third kappa shape index (κ3) is 12.5. The number of aliphatic carboxylic acids is 2. The van der Waals surface area contributed by atoms with E-state index in [0.717, 1.165) is 5.56 Å². The number of alkyl carbamates (subject to hydrolysis) is 1. The number of carboxylic acids is 2. The Bertz CT molecular complexity index is 1260. The zero-order chi connectivity index (χ0) is 31.3. The van der Waals surface area contributed by atoms with Crippen LogP contribution in [0.1, 0.15) is 55.1 Å². The Morgan fingerprint density at radius 2 is 1.45 bits per heavy atom. The Labute approximate surface area is 243 Å². The van der Waals surface area contributed by atoms with Crippen LogP contribution in [-0.4, -0.2) is 70.2 Å². The lowest BCUT2D eigenvalue weighted by Gasteiger charge is -2.20. The minimum absolute atomic E-state index is 0.0388. The maximum Gasteiger partial charge on any atom is 0.407 e. The van der Waals surface area contributed by atoms with Crippen LogP contribution in [0.15, 0.2) is 54.6 Å². The van der Waals surface area contributed by atoms with E-state index in [1.165, 1.54) is 0 Å². The molecular weight excluding hydrogens is 548 g/mol. The fraction of sp³-hybridized carbons (Fsp3) is 0.379. The van der Waals surface area contributed by atoms with E-state index in [1.54, 1.807) is 75.4 Å². The summed E-state index contributed by atoms with van der Waals surface area (Å²) in [6.45, 7) is 5.33. The van der Waals surface area contributed by atoms with Gasteiger partial charge in [0.1, 0.15) is 17.7 Å². The van der Waals surface area contributed by atoms with Gasteiger partial charge < -0.3 is 36.2 Å². The molecule has 0 unspecified atom stereocenters. The Kier molecular flexibility index (Phi) is 12.5. The first-order valence-corrected chi connectivity index (χ1v) is 13.2. The van der Waals surface area contributed by atoms with Gasteiger partial charge >= 0.3 is 18.0 Å². The molecule has 0 aliphatic rings. The second kappa shape index (κ2) is 15.7. The van der Waals surface area contributed by atoms with Gasteiger partial charge in [-0.05, 0) is 44.0 Å². The Morgan fingerprint density at radius 3 is 2.02 bits per heavy atom. The highest BCUT2D eigenvalue weighted by molar-refractivity contribution is 5.95. The van der Waals surface area contributed by atoms with Crippen molar-refractivity contribution < 1.29 is 43.7 Å². The molecule has 42 heavy (non-hydrogen) atoms. The van der Waals surface area contributed by atoms with Crippen molar-refractivity contribution in [3.8, 4) is 0 Å². The third-order valence-electron chi connectivity index (χ3n) is 5.62. The summed E-state index contributed by atoms with van der Waals surface area (Å²) in [5.74, 6) is -4.83. The summed E-state index contributed by atoms with van der Waals surface area (Å²) >= 11 is 0. The Morgan fingerprint density at radius 1 is 0.810 bits per heavy atom. The van der Waals surface area contributed by atoms with Crippen LogP contribution < -0.4 is 21.3 Å². The van der Waals surface area contributed by atoms with E-state index >= 15 is 0 Å². The SMILES string of the molecule is CC(C)(C)OC(=O)NCc1ccc(C(=O)NCCC(=O)N[C@@H](CC(=O)O)C(=O)N[C@@H](Cc2ccccc2)C(=O)O)cc1. The van der Waals surface area contributed by atoms with Gasteiger partial charge in [-0.15, -0.1) is 0 Å². The summed E-state index contributed by atoms with van der Waals surface area (Å²) in [5.41, 5.74) is 1.05. The molecular formula is C29H36N4O9. The molecule has 0 bridgehead atoms. The van der Waals surface area contributed by atoms with Gasteiger partial charge in [-0.25, -0.2) is 9.59 Å². The second-order valence-electron chi connectivity index (χ2n) is 10.4. The standard InChI is InChI=1S/C29H36N4O9/c1-29(2,3)42-28(41)31-17-19-9-11-20(12-10-19)25(37)30-14-13-23(34)32-21(16-24(35)36)26(38)33-22(27(39)40)15-18-7-5-4-6-8-18/h4-12,21-22H,13-17H2,1-3H3,(H,30,37)(H,31,41)(H,32,34)(H,33,38)(H,35,36)(H,39,40)/t21-,22-/m0/s1. The highest BCUT2D eigenvalue weighted by atomic mass is 16.6. The van der Waals surface area contributed by atoms with Crippen LogP contribution in [0.25, 0.3) is 0 Å². The second-order valence-corrected chi connectivity index (χ2v) is 10.4. The Balaban J connectivity index is 1.85. The van der Waals surface area contributed by atoms with Gasteiger partial charge in [-0.1, -0.05) is 42.5 Å². The normalized spacial score (nSPS) is 12.3. The van der Waals surface area contributed by atoms with Crippen molar-refractivity contribution in [3.05, 3.63) is 71.3 Å². The maximum atomic E-state index is 12.7. The molecule has 0 aromatic heterocycles. The monoisotopic (exact) mass is 584 g/mol. The number of carbonyl (C=O) groups excluding carboxylic acids is 4. The van der Waals surface area contributed by atoms with Crippen molar-refractivity contribution in [1.82, 2.24) is 21.3 Å². The number of benzene rings is 2. The average molecular weight is 585 g/mol. The van der Waals surface area contributed by atoms with Crippen LogP contribution >= 0.6 is 0 Å². The molecule has 13 nitrogen and oxygen atoms in total. The van der Waals surface area contributed by atoms with Crippen LogP contribution in [0.5, 0.6) is 0 Å². The van der Waals surface area contributed by atoms with Crippen molar-refractivity contribution in [2.45, 2.75) is 64.3 Å². The first-order chi connectivity index (χ1) is 19.7. The van der Waals surface area contributed by atoms with E-state index in [2.05, 4.69) is 21.3 Å². The van der Waals surface area contributed by atoms with Crippen molar-refractivity contribution >= 4 is 35.8 Å². The molecule has 2 atom stereocenters. The third-order valence-corrected chi connectivity index (χ3v) is 5.62. The zero-order valence-corrected chi connectivity index (χ0v) is 23.6. The quantitative estimate of drug-likeness (QED) is 0.191. The van der Waals surface area contributed by atoms with Crippen molar-refractivity contribution in [3.63, 3.8) is 0 Å². The molecule has 226 valence electrons. The number of carbonyl (C=O) groups is 6. The molecule has 0 fully saturated rings. The molecule has 0 heterocycles. The van der Waals surface area contributed by atoms with Gasteiger partial charge in [0.05, 0.1) is 6.42 Å². The predicted octanol–water partition coefficient (Wildman–Crippen LogP) is 1.60. The predicted molar refractivity (Wildman–Crippen MR) is 150 cm³/mol. The molecule has 0 radical (unpaired) electrons. The molecule has 4 amide bonds. The van der Waals surface area contributed by atoms with Crippen LogP contribution in [-0.2, 0) is 36.9 Å². The van der Waals surface area contributed by atoms with E-state index in [1.807, 2.05) is 0 Å². The van der Waals surface area contributed by atoms with Gasteiger partial charge in [0.2, 0.25) is 11.8 Å². The van der Waals surface area contributed by atoms with Gasteiger partial charge in [0.25, 0.3) is 5.91 Å². The molecule has 2 aromatic rings. The highest BCUT2D eigenvalue weighted by Gasteiger charge is 2.28. The van der Waals surface area contributed by atoms with Gasteiger partial charge in [0, 0.05) is 31.5 Å². The molecule has 13 heteroatoms. The molecule has 0 spiro atoms. The Hall–Kier alpha value is -4.94. The molecule has 2 aromatic carbocycles. The zero-order valence-electron chi connectivity index (χ0n) is 23.6. The largest absolute Gasteiger partial charge is 0.481 e. The average Bonchev–Trinajstić information content (AvgIpc) is 2.90. The number of hydrogen-bond acceptors (Lipinski definition) is 7. The molecule has 2 rings (SSSR count). The van der Waals surface area contributed by atoms with Gasteiger partial charge in [-0.3, -0.25) is 19.2 Å². The van der Waals surface area contributed by atoms with Crippen molar-refractivity contribution in [2.75, 3.05) is 6.54 Å². The summed E-state index contributed by atoms with van der Waals surface area (Å²) < 4.78 is 5.17. The lowest BCUT2D eigenvalue weighted by atomic mass is 10.1. The summed E-state index contributed by atoms with van der Waals surface area (Å²) in [6, 6.07) is 12.1. The van der Waals surface area contributed by atoms with E-state index < -0.39 is 59.9 Å². The fourth-order valence-electron chi connectivity index (χ4n) is 3.63. The number of nitrogens with one attached hydrogen (secondary N) is 4. The number of carboxylic acid groups (broad SMARTS) is 2. The first-order valence-electron chi connectivity index (χ1n) is 13.2. The van der Waals surface area contributed by atoms with Crippen LogP contribution in [0.2, 0.25) is 0 Å². The summed E-state index contributed by atoms with van der Waals surface area (Å²) in [6.07, 6.45) is -1.64. The van der Waals surface area contributed by atoms with Crippen LogP contribution in [0.4, 0.5) is 4.79 Å². The van der Waals surface area contributed by atoms with Crippen molar-refractivity contribution in [1.29, 1.82) is 0 Å². The number of amides is 4. The molecule has 0 aliphatic carbocycles. The molecule has 0 saturated heterocycles. The van der Waals surface area contributed by atoms with E-state index in [4.69, 9.17) is 4.74 Å². The molecule has 0 aliphatic heterocycles. The fourth-order valence-corrected chi connectivity index (χ4v) is 3.63. The van der Waals surface area contributed by atoms with Crippen LogP contribution in [0.3, 0.4) is 0 Å². The van der Waals surface area contributed by atoms with E-state index in [-0.39, 0.29) is 25.9 Å². The number of ether oxygens (including phenoxy) is 1.